The fourth-order valence-electron chi connectivity index (χ4n) is 6.41. The first kappa shape index (κ1) is 27.6. The first-order chi connectivity index (χ1) is 21.7. The second-order valence-corrected chi connectivity index (χ2v) is 11.4. The van der Waals surface area contributed by atoms with Crippen molar-refractivity contribution in [3.05, 3.63) is 221 Å². The first-order valence-electron chi connectivity index (χ1n) is 14.9. The summed E-state index contributed by atoms with van der Waals surface area (Å²) in [5.74, 6) is 0. The third-order valence-electron chi connectivity index (χ3n) is 8.44. The highest BCUT2D eigenvalue weighted by Crippen LogP contribution is 2.43. The van der Waals surface area contributed by atoms with Crippen molar-refractivity contribution in [2.45, 2.75) is 11.6 Å². The van der Waals surface area contributed by atoms with Crippen LogP contribution in [0.3, 0.4) is 0 Å². The van der Waals surface area contributed by atoms with Crippen LogP contribution < -0.4 is 4.57 Å². The van der Waals surface area contributed by atoms with E-state index in [0.29, 0.717) is 0 Å². The third-order valence-corrected chi connectivity index (χ3v) is 8.77. The smallest absolute Gasteiger partial charge is 0.226 e. The van der Waals surface area contributed by atoms with E-state index in [0.717, 1.165) is 21.7 Å². The molecule has 0 aliphatic rings. The van der Waals surface area contributed by atoms with E-state index in [1.807, 2.05) is 12.1 Å². The number of rotatable bonds is 8. The van der Waals surface area contributed by atoms with Crippen LogP contribution in [0.2, 0.25) is 5.02 Å². The van der Waals surface area contributed by atoms with E-state index < -0.39 is 5.54 Å². The van der Waals surface area contributed by atoms with Gasteiger partial charge in [0.1, 0.15) is 12.4 Å². The van der Waals surface area contributed by atoms with Crippen molar-refractivity contribution in [1.29, 1.82) is 0 Å². The number of aromatic nitrogens is 2. The summed E-state index contributed by atoms with van der Waals surface area (Å²) in [5, 5.41) is 0.719. The molecule has 0 N–H and O–H groups in total. The molecular weight excluding hydrogens is 556 g/mol. The molecule has 7 rings (SSSR count). The predicted molar refractivity (Wildman–Crippen MR) is 180 cm³/mol. The molecule has 3 heteroatoms. The molecule has 1 atom stereocenters. The van der Waals surface area contributed by atoms with E-state index in [-0.39, 0.29) is 6.04 Å². The van der Waals surface area contributed by atoms with E-state index in [4.69, 9.17) is 11.6 Å². The molecule has 1 aromatic heterocycles. The SMILES string of the molecule is Clc1ccccc1C(c1ccccc1)(c1ccccc1)n1cc[n+](C(c2ccccc2)c2ccc(-c3ccccc3)cc2)c1. The molecule has 1 unspecified atom stereocenters. The largest absolute Gasteiger partial charge is 0.245 e. The Labute approximate surface area is 264 Å². The van der Waals surface area contributed by atoms with Crippen molar-refractivity contribution in [3.8, 4) is 11.1 Å². The Bertz CT molecular complexity index is 1910. The molecule has 6 aromatic carbocycles. The maximum Gasteiger partial charge on any atom is 0.245 e. The number of hydrogen-bond acceptors (Lipinski definition) is 0. The summed E-state index contributed by atoms with van der Waals surface area (Å²) in [5.41, 5.74) is 7.41. The van der Waals surface area contributed by atoms with Crippen LogP contribution in [0.4, 0.5) is 0 Å². The molecule has 0 aliphatic heterocycles. The van der Waals surface area contributed by atoms with Gasteiger partial charge in [0.25, 0.3) is 0 Å². The van der Waals surface area contributed by atoms with Gasteiger partial charge in [0.15, 0.2) is 11.6 Å². The van der Waals surface area contributed by atoms with E-state index in [9.17, 15) is 0 Å². The van der Waals surface area contributed by atoms with Crippen LogP contribution in [0.25, 0.3) is 11.1 Å². The van der Waals surface area contributed by atoms with E-state index in [2.05, 4.69) is 186 Å². The average Bonchev–Trinajstić information content (AvgIpc) is 3.58. The zero-order valence-electron chi connectivity index (χ0n) is 24.2. The molecule has 0 aliphatic carbocycles. The van der Waals surface area contributed by atoms with Crippen molar-refractivity contribution in [3.63, 3.8) is 0 Å². The topological polar surface area (TPSA) is 8.81 Å². The van der Waals surface area contributed by atoms with Crippen LogP contribution in [0, 0.1) is 0 Å². The Morgan fingerprint density at radius 3 is 1.57 bits per heavy atom. The molecule has 7 aromatic rings. The highest BCUT2D eigenvalue weighted by molar-refractivity contribution is 6.31. The molecule has 0 radical (unpaired) electrons. The zero-order chi connectivity index (χ0) is 29.8. The van der Waals surface area contributed by atoms with Crippen molar-refractivity contribution in [1.82, 2.24) is 4.57 Å². The normalized spacial score (nSPS) is 12.1. The van der Waals surface area contributed by atoms with Gasteiger partial charge in [-0.05, 0) is 17.2 Å². The summed E-state index contributed by atoms with van der Waals surface area (Å²) in [4.78, 5) is 0. The third kappa shape index (κ3) is 5.04. The number of hydrogen-bond donors (Lipinski definition) is 0. The van der Waals surface area contributed by atoms with Crippen LogP contribution >= 0.6 is 11.6 Å². The number of imidazole rings is 1. The van der Waals surface area contributed by atoms with Crippen molar-refractivity contribution >= 4 is 11.6 Å². The Balaban J connectivity index is 1.43. The van der Waals surface area contributed by atoms with Gasteiger partial charge in [-0.25, -0.2) is 9.13 Å². The van der Waals surface area contributed by atoms with Crippen LogP contribution in [-0.2, 0) is 5.54 Å². The van der Waals surface area contributed by atoms with Crippen molar-refractivity contribution < 1.29 is 4.57 Å². The van der Waals surface area contributed by atoms with Gasteiger partial charge in [0.05, 0.1) is 0 Å². The molecule has 0 amide bonds. The summed E-state index contributed by atoms with van der Waals surface area (Å²) in [6.45, 7) is 0. The number of nitrogens with zero attached hydrogens (tertiary/aromatic N) is 2. The van der Waals surface area contributed by atoms with Gasteiger partial charge in [-0.2, -0.15) is 0 Å². The Hall–Kier alpha value is -5.18. The van der Waals surface area contributed by atoms with E-state index >= 15 is 0 Å². The minimum Gasteiger partial charge on any atom is -0.226 e. The van der Waals surface area contributed by atoms with Gasteiger partial charge in [0.2, 0.25) is 6.33 Å². The fraction of sp³-hybridized carbons (Fsp3) is 0.0488. The lowest BCUT2D eigenvalue weighted by molar-refractivity contribution is -0.704. The highest BCUT2D eigenvalue weighted by Gasteiger charge is 2.44. The predicted octanol–water partition coefficient (Wildman–Crippen LogP) is 9.57. The zero-order valence-corrected chi connectivity index (χ0v) is 25.0. The van der Waals surface area contributed by atoms with Gasteiger partial charge in [0, 0.05) is 32.8 Å². The summed E-state index contributed by atoms with van der Waals surface area (Å²) < 4.78 is 4.62. The molecule has 44 heavy (non-hydrogen) atoms. The molecule has 212 valence electrons. The molecule has 0 saturated carbocycles. The standard InChI is InChI=1S/C41H32ClN2/c42-39-24-14-13-23-38(39)41(36-19-9-3-10-20-36,37-21-11-4-12-22-37)44-30-29-43(31-44)40(34-17-7-2-8-18-34)35-27-25-33(26-28-35)32-15-5-1-6-16-32/h1-31,40H/q+1. The Morgan fingerprint density at radius 2 is 0.977 bits per heavy atom. The summed E-state index contributed by atoms with van der Waals surface area (Å²) >= 11 is 7.06. The lowest BCUT2D eigenvalue weighted by atomic mass is 9.76. The Kier molecular flexibility index (Phi) is 7.67. The number of benzene rings is 6. The van der Waals surface area contributed by atoms with Gasteiger partial charge in [-0.3, -0.25) is 0 Å². The highest BCUT2D eigenvalue weighted by atomic mass is 35.5. The molecule has 0 bridgehead atoms. The average molecular weight is 588 g/mol. The summed E-state index contributed by atoms with van der Waals surface area (Å²) in [6, 6.07) is 59.6. The van der Waals surface area contributed by atoms with Gasteiger partial charge in [-0.15, -0.1) is 0 Å². The lowest BCUT2D eigenvalue weighted by Gasteiger charge is -2.33. The van der Waals surface area contributed by atoms with Crippen LogP contribution in [0.15, 0.2) is 189 Å². The van der Waals surface area contributed by atoms with Gasteiger partial charge < -0.3 is 0 Å². The summed E-state index contributed by atoms with van der Waals surface area (Å²) in [6.07, 6.45) is 6.59. The maximum absolute atomic E-state index is 7.06. The second kappa shape index (κ2) is 12.2. The quantitative estimate of drug-likeness (QED) is 0.124. The maximum atomic E-state index is 7.06. The van der Waals surface area contributed by atoms with E-state index in [1.54, 1.807) is 0 Å². The molecule has 1 heterocycles. The second-order valence-electron chi connectivity index (χ2n) is 11.0. The summed E-state index contributed by atoms with van der Waals surface area (Å²) in [7, 11) is 0. The monoisotopic (exact) mass is 587 g/mol. The fourth-order valence-corrected chi connectivity index (χ4v) is 6.68. The lowest BCUT2D eigenvalue weighted by Crippen LogP contribution is -2.42. The molecule has 0 spiro atoms. The molecule has 2 nitrogen and oxygen atoms in total. The van der Waals surface area contributed by atoms with Crippen LogP contribution in [0.5, 0.6) is 0 Å². The van der Waals surface area contributed by atoms with Crippen LogP contribution in [-0.4, -0.2) is 4.57 Å². The van der Waals surface area contributed by atoms with Gasteiger partial charge >= 0.3 is 0 Å². The van der Waals surface area contributed by atoms with Crippen molar-refractivity contribution in [2.75, 3.05) is 0 Å². The molecule has 0 fully saturated rings. The first-order valence-corrected chi connectivity index (χ1v) is 15.3. The molecular formula is C41H32ClN2+. The molecule has 0 saturated heterocycles. The van der Waals surface area contributed by atoms with Crippen molar-refractivity contribution in [2.24, 2.45) is 0 Å². The Morgan fingerprint density at radius 1 is 0.500 bits per heavy atom. The minimum atomic E-state index is -0.704. The number of halogens is 1. The van der Waals surface area contributed by atoms with Crippen LogP contribution in [0.1, 0.15) is 33.9 Å². The van der Waals surface area contributed by atoms with E-state index in [1.165, 1.54) is 22.3 Å². The minimum absolute atomic E-state index is 0.0298. The van der Waals surface area contributed by atoms with Gasteiger partial charge in [-0.1, -0.05) is 175 Å².